The maximum atomic E-state index is 13.5. The highest BCUT2D eigenvalue weighted by molar-refractivity contribution is 7.90. The van der Waals surface area contributed by atoms with Crippen molar-refractivity contribution in [3.05, 3.63) is 64.7 Å². The largest absolute Gasteiger partial charge is 0.224 e. The fourth-order valence-corrected chi connectivity index (χ4v) is 3.57. The first kappa shape index (κ1) is 15.9. The molecule has 0 aliphatic heterocycles. The molecule has 0 amide bonds. The van der Waals surface area contributed by atoms with Crippen molar-refractivity contribution in [2.45, 2.75) is 18.2 Å². The minimum absolute atomic E-state index is 0.154. The number of sulfone groups is 1. The number of fused-ring (bicyclic) bond motifs is 1. The van der Waals surface area contributed by atoms with E-state index in [1.807, 2.05) is 13.0 Å². The zero-order valence-corrected chi connectivity index (χ0v) is 13.6. The van der Waals surface area contributed by atoms with Gasteiger partial charge in [-0.15, -0.1) is 0 Å². The second-order valence-corrected chi connectivity index (χ2v) is 7.99. The monoisotopic (exact) mass is 334 g/mol. The van der Waals surface area contributed by atoms with E-state index >= 15 is 0 Å². The van der Waals surface area contributed by atoms with E-state index in [4.69, 9.17) is 0 Å². The molecule has 0 saturated carbocycles. The zero-order chi connectivity index (χ0) is 16.8. The molecule has 0 heterocycles. The van der Waals surface area contributed by atoms with E-state index in [0.717, 1.165) is 28.5 Å². The zero-order valence-electron chi connectivity index (χ0n) is 12.8. The Morgan fingerprint density at radius 2 is 1.70 bits per heavy atom. The highest BCUT2D eigenvalue weighted by Gasteiger charge is 2.25. The van der Waals surface area contributed by atoms with Crippen molar-refractivity contribution < 1.29 is 17.2 Å². The van der Waals surface area contributed by atoms with E-state index < -0.39 is 21.5 Å². The van der Waals surface area contributed by atoms with Gasteiger partial charge in [-0.2, -0.15) is 0 Å². The maximum absolute atomic E-state index is 13.5. The molecular weight excluding hydrogens is 318 g/mol. The SMILES string of the molecule is CC1Cc2cc(F)c(F)cc2C1=Cc1ccc(S(C)(=O)=O)cc1. The minimum Gasteiger partial charge on any atom is -0.224 e. The Balaban J connectivity index is 2.02. The van der Waals surface area contributed by atoms with Gasteiger partial charge in [0.15, 0.2) is 21.5 Å². The average molecular weight is 334 g/mol. The molecule has 1 aliphatic carbocycles. The molecule has 0 bridgehead atoms. The van der Waals surface area contributed by atoms with Gasteiger partial charge in [-0.05, 0) is 58.9 Å². The van der Waals surface area contributed by atoms with Crippen molar-refractivity contribution in [3.63, 3.8) is 0 Å². The molecule has 2 aromatic rings. The van der Waals surface area contributed by atoms with Gasteiger partial charge in [-0.25, -0.2) is 17.2 Å². The fraction of sp³-hybridized carbons (Fsp3) is 0.222. The highest BCUT2D eigenvalue weighted by Crippen LogP contribution is 2.39. The van der Waals surface area contributed by atoms with E-state index in [1.165, 1.54) is 12.1 Å². The second-order valence-electron chi connectivity index (χ2n) is 5.97. The maximum Gasteiger partial charge on any atom is 0.175 e. The Morgan fingerprint density at radius 3 is 2.30 bits per heavy atom. The van der Waals surface area contributed by atoms with Crippen LogP contribution >= 0.6 is 0 Å². The summed E-state index contributed by atoms with van der Waals surface area (Å²) in [6.45, 7) is 2.01. The molecule has 0 spiro atoms. The van der Waals surface area contributed by atoms with Crippen LogP contribution in [0.2, 0.25) is 0 Å². The van der Waals surface area contributed by atoms with Crippen LogP contribution in [0.1, 0.15) is 23.6 Å². The van der Waals surface area contributed by atoms with Gasteiger partial charge in [0.2, 0.25) is 0 Å². The summed E-state index contributed by atoms with van der Waals surface area (Å²) in [4.78, 5) is 0.257. The third-order valence-electron chi connectivity index (χ3n) is 4.14. The normalized spacial score (nSPS) is 19.1. The first-order valence-electron chi connectivity index (χ1n) is 7.25. The topological polar surface area (TPSA) is 34.1 Å². The predicted octanol–water partition coefficient (Wildman–Crippen LogP) is 4.10. The van der Waals surface area contributed by atoms with Crippen molar-refractivity contribution in [2.24, 2.45) is 5.92 Å². The number of hydrogen-bond donors (Lipinski definition) is 0. The number of hydrogen-bond acceptors (Lipinski definition) is 2. The van der Waals surface area contributed by atoms with Gasteiger partial charge in [-0.1, -0.05) is 25.1 Å². The van der Waals surface area contributed by atoms with Crippen LogP contribution in [0.5, 0.6) is 0 Å². The van der Waals surface area contributed by atoms with E-state index in [2.05, 4.69) is 0 Å². The molecule has 1 atom stereocenters. The molecule has 23 heavy (non-hydrogen) atoms. The molecule has 2 nitrogen and oxygen atoms in total. The molecule has 2 aromatic carbocycles. The van der Waals surface area contributed by atoms with Crippen LogP contribution in [0.3, 0.4) is 0 Å². The number of halogens is 2. The lowest BCUT2D eigenvalue weighted by atomic mass is 9.99. The summed E-state index contributed by atoms with van der Waals surface area (Å²) in [6.07, 6.45) is 3.73. The summed E-state index contributed by atoms with van der Waals surface area (Å²) in [5, 5.41) is 0. The Hall–Kier alpha value is -2.01. The first-order chi connectivity index (χ1) is 10.8. The summed E-state index contributed by atoms with van der Waals surface area (Å²) in [5.74, 6) is -1.52. The van der Waals surface area contributed by atoms with E-state index in [-0.39, 0.29) is 10.8 Å². The van der Waals surface area contributed by atoms with E-state index in [9.17, 15) is 17.2 Å². The van der Waals surface area contributed by atoms with Gasteiger partial charge in [0.1, 0.15) is 0 Å². The van der Waals surface area contributed by atoms with Gasteiger partial charge in [0.25, 0.3) is 0 Å². The number of benzene rings is 2. The summed E-state index contributed by atoms with van der Waals surface area (Å²) < 4.78 is 49.9. The molecule has 1 unspecified atom stereocenters. The summed E-state index contributed by atoms with van der Waals surface area (Å²) in [6, 6.07) is 9.03. The van der Waals surface area contributed by atoms with E-state index in [0.29, 0.717) is 6.42 Å². The molecule has 0 N–H and O–H groups in total. The molecular formula is C18H16F2O2S. The molecule has 3 rings (SSSR count). The summed E-state index contributed by atoms with van der Waals surface area (Å²) in [5.41, 5.74) is 3.29. The molecule has 0 aromatic heterocycles. The van der Waals surface area contributed by atoms with Crippen LogP contribution in [0, 0.1) is 17.6 Å². The first-order valence-corrected chi connectivity index (χ1v) is 9.15. The Kier molecular flexibility index (Phi) is 3.84. The van der Waals surface area contributed by atoms with E-state index in [1.54, 1.807) is 24.3 Å². The molecule has 5 heteroatoms. The van der Waals surface area contributed by atoms with Crippen LogP contribution in [0.25, 0.3) is 11.6 Å². The smallest absolute Gasteiger partial charge is 0.175 e. The number of allylic oxidation sites excluding steroid dienone is 1. The van der Waals surface area contributed by atoms with Crippen molar-refractivity contribution >= 4 is 21.5 Å². The van der Waals surface area contributed by atoms with Crippen molar-refractivity contribution in [3.8, 4) is 0 Å². The standard InChI is InChI=1S/C18H16F2O2S/c1-11-7-13-9-17(19)18(20)10-16(13)15(11)8-12-3-5-14(6-4-12)23(2,21)22/h3-6,8-11H,7H2,1-2H3. The second kappa shape index (κ2) is 5.57. The Morgan fingerprint density at radius 1 is 1.09 bits per heavy atom. The van der Waals surface area contributed by atoms with Crippen LogP contribution in [0.15, 0.2) is 41.3 Å². The summed E-state index contributed by atoms with van der Waals surface area (Å²) in [7, 11) is -3.23. The van der Waals surface area contributed by atoms with Crippen LogP contribution in [0.4, 0.5) is 8.78 Å². The molecule has 120 valence electrons. The van der Waals surface area contributed by atoms with Crippen molar-refractivity contribution in [1.82, 2.24) is 0 Å². The third-order valence-corrected chi connectivity index (χ3v) is 5.27. The van der Waals surface area contributed by atoms with Gasteiger partial charge in [-0.3, -0.25) is 0 Å². The summed E-state index contributed by atoms with van der Waals surface area (Å²) >= 11 is 0. The molecule has 0 fully saturated rings. The van der Waals surface area contributed by atoms with Crippen LogP contribution < -0.4 is 0 Å². The number of rotatable bonds is 2. The van der Waals surface area contributed by atoms with Crippen LogP contribution in [-0.4, -0.2) is 14.7 Å². The lowest BCUT2D eigenvalue weighted by Gasteiger charge is -2.07. The van der Waals surface area contributed by atoms with Crippen molar-refractivity contribution in [2.75, 3.05) is 6.26 Å². The predicted molar refractivity (Wildman–Crippen MR) is 86.6 cm³/mol. The molecule has 1 aliphatic rings. The van der Waals surface area contributed by atoms with Gasteiger partial charge < -0.3 is 0 Å². The van der Waals surface area contributed by atoms with Crippen molar-refractivity contribution in [1.29, 1.82) is 0 Å². The highest BCUT2D eigenvalue weighted by atomic mass is 32.2. The molecule has 0 radical (unpaired) electrons. The quantitative estimate of drug-likeness (QED) is 0.828. The van der Waals surface area contributed by atoms with Gasteiger partial charge in [0, 0.05) is 6.26 Å². The lowest BCUT2D eigenvalue weighted by Crippen LogP contribution is -1.96. The average Bonchev–Trinajstić information content (AvgIpc) is 2.75. The lowest BCUT2D eigenvalue weighted by molar-refractivity contribution is 0.507. The third kappa shape index (κ3) is 3.06. The minimum atomic E-state index is -3.23. The van der Waals surface area contributed by atoms with Crippen LogP contribution in [-0.2, 0) is 16.3 Å². The molecule has 0 saturated heterocycles. The van der Waals surface area contributed by atoms with Gasteiger partial charge >= 0.3 is 0 Å². The Bertz CT molecular complexity index is 897. The van der Waals surface area contributed by atoms with Gasteiger partial charge in [0.05, 0.1) is 4.90 Å². The fourth-order valence-electron chi connectivity index (χ4n) is 2.94. The Labute approximate surface area is 134 Å².